The van der Waals surface area contributed by atoms with Crippen LogP contribution >= 0.6 is 0 Å². The molecule has 188 valence electrons. The van der Waals surface area contributed by atoms with Crippen LogP contribution in [-0.4, -0.2) is 55.3 Å². The van der Waals surface area contributed by atoms with Gasteiger partial charge in [-0.25, -0.2) is 9.97 Å². The molecule has 0 bridgehead atoms. The first-order valence-corrected chi connectivity index (χ1v) is 12.4. The molecule has 5 rings (SSSR count). The van der Waals surface area contributed by atoms with Crippen LogP contribution in [0.25, 0.3) is 0 Å². The summed E-state index contributed by atoms with van der Waals surface area (Å²) in [5.41, 5.74) is 9.33. The summed E-state index contributed by atoms with van der Waals surface area (Å²) in [5, 5.41) is 2.80. The van der Waals surface area contributed by atoms with Crippen molar-refractivity contribution in [3.63, 3.8) is 0 Å². The Hall–Kier alpha value is -3.49. The normalized spacial score (nSPS) is 16.2. The topological polar surface area (TPSA) is 103 Å². The van der Waals surface area contributed by atoms with E-state index in [0.717, 1.165) is 54.8 Å². The molecule has 2 saturated heterocycles. The van der Waals surface area contributed by atoms with Crippen molar-refractivity contribution in [2.45, 2.75) is 25.9 Å². The summed E-state index contributed by atoms with van der Waals surface area (Å²) in [7, 11) is 0. The van der Waals surface area contributed by atoms with Crippen LogP contribution in [0.4, 0.5) is 5.95 Å². The van der Waals surface area contributed by atoms with Crippen LogP contribution in [0.1, 0.15) is 41.0 Å². The van der Waals surface area contributed by atoms with Gasteiger partial charge in [-0.15, -0.1) is 0 Å². The molecule has 0 radical (unpaired) electrons. The number of aromatic nitrogens is 2. The van der Waals surface area contributed by atoms with E-state index in [2.05, 4.69) is 46.2 Å². The highest BCUT2D eigenvalue weighted by molar-refractivity contribution is 5.94. The summed E-state index contributed by atoms with van der Waals surface area (Å²) in [6, 6.07) is 17.8. The van der Waals surface area contributed by atoms with E-state index < -0.39 is 0 Å². The average molecular weight is 488 g/mol. The van der Waals surface area contributed by atoms with Gasteiger partial charge in [0.15, 0.2) is 0 Å². The number of benzene rings is 2. The maximum atomic E-state index is 12.2. The van der Waals surface area contributed by atoms with Crippen molar-refractivity contribution in [1.29, 1.82) is 0 Å². The van der Waals surface area contributed by atoms with Crippen LogP contribution in [-0.2, 0) is 16.8 Å². The number of nitrogens with one attached hydrogen (secondary N) is 1. The highest BCUT2D eigenvalue weighted by Crippen LogP contribution is 2.39. The molecule has 2 fully saturated rings. The summed E-state index contributed by atoms with van der Waals surface area (Å²) >= 11 is 0. The number of carbonyl (C=O) groups excluding carboxylic acids is 1. The maximum absolute atomic E-state index is 12.2. The Bertz CT molecular complexity index is 1200. The Labute approximate surface area is 211 Å². The van der Waals surface area contributed by atoms with Gasteiger partial charge in [0.1, 0.15) is 12.4 Å². The van der Waals surface area contributed by atoms with Crippen molar-refractivity contribution in [2.75, 3.05) is 44.3 Å². The Balaban J connectivity index is 1.18. The Morgan fingerprint density at radius 1 is 1.08 bits per heavy atom. The first-order valence-electron chi connectivity index (χ1n) is 12.4. The van der Waals surface area contributed by atoms with Gasteiger partial charge in [0.05, 0.1) is 24.3 Å². The van der Waals surface area contributed by atoms with Crippen molar-refractivity contribution < 1.29 is 14.3 Å². The van der Waals surface area contributed by atoms with Gasteiger partial charge in [0.25, 0.3) is 5.91 Å². The number of nitrogens with zero attached hydrogens (tertiary/aromatic N) is 3. The second-order valence-electron chi connectivity index (χ2n) is 10.3. The highest BCUT2D eigenvalue weighted by Gasteiger charge is 2.49. The van der Waals surface area contributed by atoms with Crippen LogP contribution in [0.2, 0.25) is 0 Å². The van der Waals surface area contributed by atoms with Crippen LogP contribution in [0.3, 0.4) is 0 Å². The van der Waals surface area contributed by atoms with Crippen molar-refractivity contribution in [1.82, 2.24) is 15.3 Å². The fourth-order valence-corrected chi connectivity index (χ4v) is 4.71. The summed E-state index contributed by atoms with van der Waals surface area (Å²) in [5.74, 6) is 1.44. The number of hydrogen-bond donors (Lipinski definition) is 2. The molecule has 0 atom stereocenters. The monoisotopic (exact) mass is 487 g/mol. The van der Waals surface area contributed by atoms with Crippen molar-refractivity contribution in [2.24, 2.45) is 11.1 Å². The fraction of sp³-hybridized carbons (Fsp3) is 0.393. The Morgan fingerprint density at radius 2 is 1.75 bits per heavy atom. The predicted octanol–water partition coefficient (Wildman–Crippen LogP) is 2.91. The maximum Gasteiger partial charge on any atom is 0.251 e. The molecule has 0 aliphatic carbocycles. The zero-order chi connectivity index (χ0) is 25.2. The quantitative estimate of drug-likeness (QED) is 0.478. The van der Waals surface area contributed by atoms with Gasteiger partial charge in [-0.05, 0) is 41.5 Å². The molecule has 2 aliphatic rings. The van der Waals surface area contributed by atoms with E-state index in [1.807, 2.05) is 42.5 Å². The molecular formula is C28H33N5O3. The summed E-state index contributed by atoms with van der Waals surface area (Å²) < 4.78 is 11.4. The van der Waals surface area contributed by atoms with E-state index in [-0.39, 0.29) is 11.3 Å². The van der Waals surface area contributed by atoms with E-state index in [0.29, 0.717) is 30.7 Å². The molecule has 36 heavy (non-hydrogen) atoms. The zero-order valence-corrected chi connectivity index (χ0v) is 20.9. The van der Waals surface area contributed by atoms with E-state index in [1.54, 1.807) is 6.20 Å². The van der Waals surface area contributed by atoms with E-state index in [9.17, 15) is 4.79 Å². The number of nitrogens with two attached hydrogens (primary N) is 1. The molecule has 0 saturated carbocycles. The van der Waals surface area contributed by atoms with Crippen LogP contribution in [0.15, 0.2) is 60.8 Å². The fourth-order valence-electron chi connectivity index (χ4n) is 4.71. The van der Waals surface area contributed by atoms with Crippen molar-refractivity contribution in [3.05, 3.63) is 83.2 Å². The number of ether oxygens (including phenoxy) is 2. The number of amides is 1. The molecule has 1 aromatic heterocycles. The van der Waals surface area contributed by atoms with Gasteiger partial charge in [0, 0.05) is 43.4 Å². The average Bonchev–Trinajstić information content (AvgIpc) is 2.85. The summed E-state index contributed by atoms with van der Waals surface area (Å²) in [4.78, 5) is 23.5. The first-order chi connectivity index (χ1) is 17.4. The number of rotatable bonds is 9. The van der Waals surface area contributed by atoms with Crippen LogP contribution in [0.5, 0.6) is 5.75 Å². The lowest BCUT2D eigenvalue weighted by atomic mass is 9.78. The second kappa shape index (κ2) is 9.87. The van der Waals surface area contributed by atoms with Gasteiger partial charge >= 0.3 is 0 Å². The molecule has 3 heterocycles. The number of anilines is 1. The molecule has 3 N–H and O–H groups in total. The van der Waals surface area contributed by atoms with Gasteiger partial charge in [-0.3, -0.25) is 4.79 Å². The lowest BCUT2D eigenvalue weighted by Crippen LogP contribution is -2.66. The SMILES string of the molecule is CC(C)(c1ccc(OCc2ccnc(N3CC4(COC4)C3)n2)cc1)c1ccc(C(=O)NCCN)cc1. The third kappa shape index (κ3) is 4.92. The second-order valence-corrected chi connectivity index (χ2v) is 10.3. The lowest BCUT2D eigenvalue weighted by molar-refractivity contribution is -0.127. The van der Waals surface area contributed by atoms with Crippen molar-refractivity contribution >= 4 is 11.9 Å². The third-order valence-electron chi connectivity index (χ3n) is 7.11. The number of hydrogen-bond acceptors (Lipinski definition) is 7. The minimum atomic E-state index is -0.230. The van der Waals surface area contributed by atoms with Gasteiger partial charge in [0.2, 0.25) is 5.95 Å². The van der Waals surface area contributed by atoms with Crippen LogP contribution in [0, 0.1) is 5.41 Å². The molecule has 2 aliphatic heterocycles. The summed E-state index contributed by atoms with van der Waals surface area (Å²) in [6.07, 6.45) is 1.79. The smallest absolute Gasteiger partial charge is 0.251 e. The molecule has 3 aromatic rings. The predicted molar refractivity (Wildman–Crippen MR) is 138 cm³/mol. The van der Waals surface area contributed by atoms with E-state index in [1.165, 1.54) is 0 Å². The largest absolute Gasteiger partial charge is 0.487 e. The Morgan fingerprint density at radius 3 is 2.36 bits per heavy atom. The third-order valence-corrected chi connectivity index (χ3v) is 7.11. The zero-order valence-electron chi connectivity index (χ0n) is 20.9. The molecule has 1 spiro atoms. The van der Waals surface area contributed by atoms with Crippen LogP contribution < -0.4 is 20.7 Å². The minimum absolute atomic E-state index is 0.108. The minimum Gasteiger partial charge on any atom is -0.487 e. The van der Waals surface area contributed by atoms with Gasteiger partial charge in [-0.2, -0.15) is 0 Å². The first kappa shape index (κ1) is 24.2. The van der Waals surface area contributed by atoms with Gasteiger partial charge in [-0.1, -0.05) is 38.1 Å². The van der Waals surface area contributed by atoms with E-state index in [4.69, 9.17) is 15.2 Å². The van der Waals surface area contributed by atoms with Gasteiger partial charge < -0.3 is 25.4 Å². The lowest BCUT2D eigenvalue weighted by Gasteiger charge is -2.54. The molecule has 8 nitrogen and oxygen atoms in total. The molecule has 0 unspecified atom stereocenters. The summed E-state index contributed by atoms with van der Waals surface area (Å²) in [6.45, 7) is 9.22. The molecule has 8 heteroatoms. The van der Waals surface area contributed by atoms with E-state index >= 15 is 0 Å². The molecule has 2 aromatic carbocycles. The standard InChI is InChI=1S/C28H33N5O3/c1-27(2,21-5-3-20(4-6-21)25(34)30-14-12-29)22-7-9-24(10-8-22)36-15-23-11-13-31-26(32-23)33-16-28(17-33)18-35-19-28/h3-11,13H,12,14-19,29H2,1-2H3,(H,30,34). The molecule has 1 amide bonds. The number of carbonyl (C=O) groups is 1. The van der Waals surface area contributed by atoms with Crippen molar-refractivity contribution in [3.8, 4) is 5.75 Å². The highest BCUT2D eigenvalue weighted by atomic mass is 16.5. The molecular weight excluding hydrogens is 454 g/mol. The Kier molecular flexibility index (Phi) is 6.64.